The summed E-state index contributed by atoms with van der Waals surface area (Å²) in [5, 5.41) is 9.01. The van der Waals surface area contributed by atoms with Crippen LogP contribution >= 0.6 is 0 Å². The molecule has 0 spiro atoms. The van der Waals surface area contributed by atoms with Gasteiger partial charge in [0.15, 0.2) is 6.29 Å². The summed E-state index contributed by atoms with van der Waals surface area (Å²) in [6, 6.07) is 0. The number of H-pyrrole nitrogens is 1. The van der Waals surface area contributed by atoms with Crippen LogP contribution in [0.2, 0.25) is 0 Å². The van der Waals surface area contributed by atoms with Gasteiger partial charge in [0.05, 0.1) is 6.54 Å². The number of nitrogens with zero attached hydrogens (tertiary/aromatic N) is 2. The zero-order chi connectivity index (χ0) is 12.7. The molecule has 1 rings (SSSR count). The quantitative estimate of drug-likeness (QED) is 0.669. The Hall–Kier alpha value is -1.47. The number of aromatic amines is 1. The minimum atomic E-state index is -0.436. The van der Waals surface area contributed by atoms with Gasteiger partial charge in [0.1, 0.15) is 5.82 Å². The maximum Gasteiger partial charge on any atom is 0.291 e. The van der Waals surface area contributed by atoms with Crippen LogP contribution < -0.4 is 5.32 Å². The Labute approximate surface area is 99.9 Å². The van der Waals surface area contributed by atoms with Crippen LogP contribution in [-0.2, 0) is 9.47 Å². The number of ether oxygens (including phenoxy) is 2. The molecule has 7 heteroatoms. The molecule has 0 atom stereocenters. The molecule has 1 aromatic heterocycles. The number of amides is 1. The smallest absolute Gasteiger partial charge is 0.291 e. The molecule has 0 radical (unpaired) electrons. The molecule has 0 aliphatic heterocycles. The maximum absolute atomic E-state index is 11.6. The monoisotopic (exact) mass is 242 g/mol. The lowest BCUT2D eigenvalue weighted by Gasteiger charge is -2.16. The van der Waals surface area contributed by atoms with E-state index in [1.165, 1.54) is 0 Å². The van der Waals surface area contributed by atoms with E-state index in [2.05, 4.69) is 20.5 Å². The van der Waals surface area contributed by atoms with Gasteiger partial charge < -0.3 is 14.8 Å². The maximum atomic E-state index is 11.6. The van der Waals surface area contributed by atoms with Gasteiger partial charge >= 0.3 is 0 Å². The fraction of sp³-hybridized carbons (Fsp3) is 0.700. The summed E-state index contributed by atoms with van der Waals surface area (Å²) < 4.78 is 10.6. The Balaban J connectivity index is 2.40. The highest BCUT2D eigenvalue weighted by molar-refractivity contribution is 5.90. The number of carbonyl (C=O) groups excluding carboxylic acids is 1. The van der Waals surface area contributed by atoms with E-state index >= 15 is 0 Å². The van der Waals surface area contributed by atoms with Crippen molar-refractivity contribution in [1.29, 1.82) is 0 Å². The molecule has 1 heterocycles. The van der Waals surface area contributed by atoms with Crippen LogP contribution in [-0.4, -0.2) is 47.1 Å². The number of rotatable bonds is 7. The first kappa shape index (κ1) is 13.6. The normalized spacial score (nSPS) is 10.8. The Bertz CT molecular complexity index is 347. The van der Waals surface area contributed by atoms with Crippen molar-refractivity contribution in [3.8, 4) is 0 Å². The highest BCUT2D eigenvalue weighted by atomic mass is 16.7. The van der Waals surface area contributed by atoms with Gasteiger partial charge in [0.25, 0.3) is 5.91 Å². The van der Waals surface area contributed by atoms with Gasteiger partial charge in [-0.05, 0) is 20.8 Å². The summed E-state index contributed by atoms with van der Waals surface area (Å²) in [7, 11) is 0. The van der Waals surface area contributed by atoms with E-state index < -0.39 is 6.29 Å². The van der Waals surface area contributed by atoms with Gasteiger partial charge in [0.2, 0.25) is 5.82 Å². The van der Waals surface area contributed by atoms with Crippen molar-refractivity contribution in [2.24, 2.45) is 0 Å². The number of carbonyl (C=O) groups is 1. The minimum absolute atomic E-state index is 0.120. The van der Waals surface area contributed by atoms with Crippen LogP contribution in [0.15, 0.2) is 0 Å². The number of hydrogen-bond acceptors (Lipinski definition) is 5. The second-order valence-corrected chi connectivity index (χ2v) is 3.29. The lowest BCUT2D eigenvalue weighted by atomic mass is 10.5. The second kappa shape index (κ2) is 6.97. The predicted octanol–water partition coefficient (Wildman–Crippen LogP) is 0.242. The van der Waals surface area contributed by atoms with Crippen molar-refractivity contribution in [3.05, 3.63) is 11.6 Å². The molecule has 1 amide bonds. The molecule has 2 N–H and O–H groups in total. The van der Waals surface area contributed by atoms with Crippen LogP contribution in [0.4, 0.5) is 0 Å². The average Bonchev–Trinajstić information content (AvgIpc) is 2.73. The van der Waals surface area contributed by atoms with Crippen molar-refractivity contribution < 1.29 is 14.3 Å². The molecule has 17 heavy (non-hydrogen) atoms. The van der Waals surface area contributed by atoms with E-state index in [0.717, 1.165) is 0 Å². The summed E-state index contributed by atoms with van der Waals surface area (Å²) in [6.07, 6.45) is -0.436. The second-order valence-electron chi connectivity index (χ2n) is 3.29. The Morgan fingerprint density at radius 1 is 1.41 bits per heavy atom. The van der Waals surface area contributed by atoms with Crippen molar-refractivity contribution in [3.63, 3.8) is 0 Å². The van der Waals surface area contributed by atoms with Crippen molar-refractivity contribution in [2.45, 2.75) is 27.1 Å². The van der Waals surface area contributed by atoms with E-state index in [1.807, 2.05) is 13.8 Å². The molecule has 1 aromatic rings. The molecular formula is C10H18N4O3. The first-order valence-corrected chi connectivity index (χ1v) is 5.57. The van der Waals surface area contributed by atoms with Crippen molar-refractivity contribution in [1.82, 2.24) is 20.5 Å². The summed E-state index contributed by atoms with van der Waals surface area (Å²) in [5.74, 6) is 0.370. The SMILES string of the molecule is CCOC(CNC(=O)c1n[nH]c(C)n1)OCC. The van der Waals surface area contributed by atoms with Crippen LogP contribution in [0.1, 0.15) is 30.3 Å². The Kier molecular flexibility index (Phi) is 5.58. The van der Waals surface area contributed by atoms with Gasteiger partial charge in [-0.25, -0.2) is 4.98 Å². The molecule has 0 aliphatic carbocycles. The summed E-state index contributed by atoms with van der Waals surface area (Å²) in [4.78, 5) is 15.5. The van der Waals surface area contributed by atoms with Crippen LogP contribution in [0, 0.1) is 6.92 Å². The number of nitrogens with one attached hydrogen (secondary N) is 2. The molecule has 0 unspecified atom stereocenters. The van der Waals surface area contributed by atoms with Gasteiger partial charge in [-0.1, -0.05) is 0 Å². The lowest BCUT2D eigenvalue weighted by molar-refractivity contribution is -0.131. The molecule has 0 aromatic carbocycles. The first-order valence-electron chi connectivity index (χ1n) is 5.57. The van der Waals surface area contributed by atoms with E-state index in [1.54, 1.807) is 6.92 Å². The highest BCUT2D eigenvalue weighted by Crippen LogP contribution is 1.95. The van der Waals surface area contributed by atoms with Gasteiger partial charge in [-0.2, -0.15) is 0 Å². The molecule has 96 valence electrons. The van der Waals surface area contributed by atoms with Crippen molar-refractivity contribution in [2.75, 3.05) is 19.8 Å². The van der Waals surface area contributed by atoms with E-state index in [9.17, 15) is 4.79 Å². The largest absolute Gasteiger partial charge is 0.351 e. The Morgan fingerprint density at radius 2 is 2.06 bits per heavy atom. The van der Waals surface area contributed by atoms with Gasteiger partial charge in [-0.15, -0.1) is 5.10 Å². The zero-order valence-corrected chi connectivity index (χ0v) is 10.3. The van der Waals surface area contributed by atoms with Crippen LogP contribution in [0.5, 0.6) is 0 Å². The summed E-state index contributed by atoms with van der Waals surface area (Å²) in [5.41, 5.74) is 0. The standard InChI is InChI=1S/C10H18N4O3/c1-4-16-8(17-5-2)6-11-10(15)9-12-7(3)13-14-9/h8H,4-6H2,1-3H3,(H,11,15)(H,12,13,14). The first-order chi connectivity index (χ1) is 8.17. The minimum Gasteiger partial charge on any atom is -0.351 e. The van der Waals surface area contributed by atoms with Crippen molar-refractivity contribution >= 4 is 5.91 Å². The van der Waals surface area contributed by atoms with E-state index in [-0.39, 0.29) is 18.3 Å². The molecule has 0 bridgehead atoms. The fourth-order valence-corrected chi connectivity index (χ4v) is 1.24. The van der Waals surface area contributed by atoms with Crippen LogP contribution in [0.25, 0.3) is 0 Å². The zero-order valence-electron chi connectivity index (χ0n) is 10.3. The number of aryl methyl sites for hydroxylation is 1. The lowest BCUT2D eigenvalue weighted by Crippen LogP contribution is -2.35. The molecule has 0 aliphatic rings. The number of hydrogen-bond donors (Lipinski definition) is 2. The molecule has 0 saturated heterocycles. The van der Waals surface area contributed by atoms with Gasteiger partial charge in [0, 0.05) is 13.2 Å². The number of aromatic nitrogens is 3. The molecule has 7 nitrogen and oxygen atoms in total. The predicted molar refractivity (Wildman–Crippen MR) is 60.5 cm³/mol. The third-order valence-corrected chi connectivity index (χ3v) is 1.93. The highest BCUT2D eigenvalue weighted by Gasteiger charge is 2.14. The average molecular weight is 242 g/mol. The molecule has 0 saturated carbocycles. The fourth-order valence-electron chi connectivity index (χ4n) is 1.24. The third-order valence-electron chi connectivity index (χ3n) is 1.93. The molecular weight excluding hydrogens is 224 g/mol. The summed E-state index contributed by atoms with van der Waals surface area (Å²) in [6.45, 7) is 6.79. The van der Waals surface area contributed by atoms with Crippen LogP contribution in [0.3, 0.4) is 0 Å². The third kappa shape index (κ3) is 4.49. The topological polar surface area (TPSA) is 89.1 Å². The van der Waals surface area contributed by atoms with E-state index in [4.69, 9.17) is 9.47 Å². The van der Waals surface area contributed by atoms with E-state index in [0.29, 0.717) is 19.0 Å². The molecule has 0 fully saturated rings. The Morgan fingerprint density at radius 3 is 2.53 bits per heavy atom. The summed E-state index contributed by atoms with van der Waals surface area (Å²) >= 11 is 0. The van der Waals surface area contributed by atoms with Gasteiger partial charge in [-0.3, -0.25) is 9.89 Å².